The van der Waals surface area contributed by atoms with Crippen LogP contribution in [-0.2, 0) is 14.3 Å². The van der Waals surface area contributed by atoms with Gasteiger partial charge in [-0.3, -0.25) is 9.59 Å². The summed E-state index contributed by atoms with van der Waals surface area (Å²) in [5.41, 5.74) is -0.229. The third-order valence-electron chi connectivity index (χ3n) is 6.34. The summed E-state index contributed by atoms with van der Waals surface area (Å²) in [5.74, 6) is 2.42. The maximum absolute atomic E-state index is 12.8. The zero-order valence-corrected chi connectivity index (χ0v) is 16.2. The van der Waals surface area contributed by atoms with Crippen LogP contribution in [0.15, 0.2) is 24.3 Å². The van der Waals surface area contributed by atoms with Crippen molar-refractivity contribution < 1.29 is 19.1 Å². The van der Waals surface area contributed by atoms with Crippen LogP contribution in [0.5, 0.6) is 5.75 Å². The lowest BCUT2D eigenvalue weighted by atomic mass is 9.49. The van der Waals surface area contributed by atoms with Gasteiger partial charge in [-0.05, 0) is 80.5 Å². The Kier molecular flexibility index (Phi) is 5.31. The lowest BCUT2D eigenvalue weighted by Crippen LogP contribution is -2.54. The number of esters is 1. The summed E-state index contributed by atoms with van der Waals surface area (Å²) in [6.45, 7) is 0.340. The summed E-state index contributed by atoms with van der Waals surface area (Å²) < 4.78 is 10.6. The zero-order chi connectivity index (χ0) is 18.9. The third kappa shape index (κ3) is 4.23. The van der Waals surface area contributed by atoms with E-state index in [-0.39, 0.29) is 31.1 Å². The summed E-state index contributed by atoms with van der Waals surface area (Å²) >= 11 is 5.81. The normalized spacial score (nSPS) is 30.8. The first-order chi connectivity index (χ1) is 13.0. The monoisotopic (exact) mass is 391 g/mol. The fraction of sp³-hybridized carbons (Fsp3) is 0.619. The molecule has 4 aliphatic rings. The summed E-state index contributed by atoms with van der Waals surface area (Å²) in [6, 6.07) is 7.00. The van der Waals surface area contributed by atoms with Crippen molar-refractivity contribution in [3.63, 3.8) is 0 Å². The van der Waals surface area contributed by atoms with Crippen molar-refractivity contribution in [2.45, 2.75) is 38.5 Å². The molecule has 0 unspecified atom stereocenters. The van der Waals surface area contributed by atoms with Crippen molar-refractivity contribution in [1.29, 1.82) is 0 Å². The molecule has 1 amide bonds. The van der Waals surface area contributed by atoms with Gasteiger partial charge in [0, 0.05) is 10.4 Å². The predicted octanol–water partition coefficient (Wildman–Crippen LogP) is 3.59. The quantitative estimate of drug-likeness (QED) is 0.569. The molecule has 0 heterocycles. The van der Waals surface area contributed by atoms with Crippen molar-refractivity contribution in [3.8, 4) is 5.75 Å². The molecule has 6 heteroatoms. The van der Waals surface area contributed by atoms with Crippen LogP contribution in [0.25, 0.3) is 0 Å². The Morgan fingerprint density at radius 2 is 1.59 bits per heavy atom. The van der Waals surface area contributed by atoms with Crippen LogP contribution >= 0.6 is 11.6 Å². The van der Waals surface area contributed by atoms with Crippen molar-refractivity contribution in [1.82, 2.24) is 5.32 Å². The van der Waals surface area contributed by atoms with Crippen LogP contribution in [0, 0.1) is 23.2 Å². The van der Waals surface area contributed by atoms with Crippen molar-refractivity contribution >= 4 is 23.5 Å². The Bertz CT molecular complexity index is 667. The third-order valence-corrected chi connectivity index (χ3v) is 6.59. The number of amides is 1. The molecule has 4 fully saturated rings. The highest BCUT2D eigenvalue weighted by Gasteiger charge is 2.54. The van der Waals surface area contributed by atoms with E-state index in [1.54, 1.807) is 24.3 Å². The number of benzene rings is 1. The van der Waals surface area contributed by atoms with Crippen LogP contribution < -0.4 is 10.1 Å². The number of carbonyl (C=O) groups is 2. The molecule has 4 saturated carbocycles. The zero-order valence-electron chi connectivity index (χ0n) is 15.4. The highest BCUT2D eigenvalue weighted by Crippen LogP contribution is 2.60. The average Bonchev–Trinajstić information content (AvgIpc) is 2.63. The molecule has 1 N–H and O–H groups in total. The number of hydrogen-bond donors (Lipinski definition) is 1. The first-order valence-electron chi connectivity index (χ1n) is 9.85. The second-order valence-corrected chi connectivity index (χ2v) is 8.84. The number of hydrogen-bond acceptors (Lipinski definition) is 4. The number of rotatable bonds is 7. The van der Waals surface area contributed by atoms with Gasteiger partial charge >= 0.3 is 5.97 Å². The van der Waals surface area contributed by atoms with E-state index in [9.17, 15) is 9.59 Å². The smallest absolute Gasteiger partial charge is 0.325 e. The minimum atomic E-state index is -0.423. The van der Waals surface area contributed by atoms with E-state index in [1.165, 1.54) is 19.3 Å². The van der Waals surface area contributed by atoms with Gasteiger partial charge in [-0.15, -0.1) is 0 Å². The van der Waals surface area contributed by atoms with Gasteiger partial charge in [0.05, 0.1) is 0 Å². The molecular weight excluding hydrogens is 366 g/mol. The Morgan fingerprint density at radius 1 is 1.00 bits per heavy atom. The Hall–Kier alpha value is -1.75. The number of carbonyl (C=O) groups excluding carboxylic acids is 2. The molecular formula is C21H26ClNO4. The fourth-order valence-corrected chi connectivity index (χ4v) is 5.75. The Labute approximate surface area is 164 Å². The van der Waals surface area contributed by atoms with Gasteiger partial charge in [-0.2, -0.15) is 0 Å². The highest BCUT2D eigenvalue weighted by molar-refractivity contribution is 6.30. The lowest BCUT2D eigenvalue weighted by molar-refractivity contribution is -0.151. The van der Waals surface area contributed by atoms with E-state index in [4.69, 9.17) is 21.1 Å². The molecule has 0 aliphatic heterocycles. The van der Waals surface area contributed by atoms with Gasteiger partial charge in [-0.25, -0.2) is 0 Å². The summed E-state index contributed by atoms with van der Waals surface area (Å²) in [7, 11) is 0. The molecule has 5 nitrogen and oxygen atoms in total. The molecule has 5 rings (SSSR count). The van der Waals surface area contributed by atoms with E-state index < -0.39 is 5.97 Å². The van der Waals surface area contributed by atoms with Gasteiger partial charge in [0.15, 0.2) is 0 Å². The van der Waals surface area contributed by atoms with Crippen LogP contribution in [-0.4, -0.2) is 31.6 Å². The summed E-state index contributed by atoms with van der Waals surface area (Å²) in [5, 5.41) is 3.48. The second kappa shape index (κ2) is 7.70. The van der Waals surface area contributed by atoms with E-state index in [0.717, 1.165) is 19.3 Å². The average molecular weight is 392 g/mol. The van der Waals surface area contributed by atoms with Crippen molar-refractivity contribution in [2.75, 3.05) is 19.8 Å². The SMILES string of the molecule is O=C(CNC(=O)C12CC3CC(CC(C3)C1)C2)OCCOc1ccc(Cl)cc1. The van der Waals surface area contributed by atoms with Gasteiger partial charge in [0.2, 0.25) is 5.91 Å². The molecule has 0 atom stereocenters. The van der Waals surface area contributed by atoms with E-state index in [2.05, 4.69) is 5.32 Å². The van der Waals surface area contributed by atoms with E-state index in [1.807, 2.05) is 0 Å². The van der Waals surface area contributed by atoms with Crippen LogP contribution in [0.4, 0.5) is 0 Å². The predicted molar refractivity (Wildman–Crippen MR) is 102 cm³/mol. The van der Waals surface area contributed by atoms with Gasteiger partial charge < -0.3 is 14.8 Å². The largest absolute Gasteiger partial charge is 0.490 e. The molecule has 0 aromatic heterocycles. The minimum Gasteiger partial charge on any atom is -0.490 e. The summed E-state index contributed by atoms with van der Waals surface area (Å²) in [4.78, 5) is 24.7. The summed E-state index contributed by atoms with van der Waals surface area (Å²) in [6.07, 6.45) is 6.87. The molecule has 4 aliphatic carbocycles. The second-order valence-electron chi connectivity index (χ2n) is 8.40. The lowest BCUT2D eigenvalue weighted by Gasteiger charge is -2.55. The maximum Gasteiger partial charge on any atom is 0.325 e. The number of ether oxygens (including phenoxy) is 2. The van der Waals surface area contributed by atoms with Crippen molar-refractivity contribution in [2.24, 2.45) is 23.2 Å². The molecule has 0 saturated heterocycles. The molecule has 27 heavy (non-hydrogen) atoms. The van der Waals surface area contributed by atoms with Gasteiger partial charge in [0.25, 0.3) is 0 Å². The Balaban J connectivity index is 1.17. The van der Waals surface area contributed by atoms with E-state index in [0.29, 0.717) is 28.5 Å². The van der Waals surface area contributed by atoms with E-state index >= 15 is 0 Å². The number of halogens is 1. The maximum atomic E-state index is 12.8. The molecule has 0 spiro atoms. The molecule has 4 bridgehead atoms. The van der Waals surface area contributed by atoms with Crippen molar-refractivity contribution in [3.05, 3.63) is 29.3 Å². The molecule has 1 aromatic rings. The van der Waals surface area contributed by atoms with Crippen LogP contribution in [0.2, 0.25) is 5.02 Å². The van der Waals surface area contributed by atoms with Crippen LogP contribution in [0.1, 0.15) is 38.5 Å². The molecule has 146 valence electrons. The first kappa shape index (κ1) is 18.6. The highest BCUT2D eigenvalue weighted by atomic mass is 35.5. The Morgan fingerprint density at radius 3 is 2.19 bits per heavy atom. The molecule has 1 aromatic carbocycles. The van der Waals surface area contributed by atoms with Crippen LogP contribution in [0.3, 0.4) is 0 Å². The standard InChI is InChI=1S/C21H26ClNO4/c22-17-1-3-18(4-2-17)26-5-6-27-19(24)13-23-20(25)21-10-14-7-15(11-21)9-16(8-14)12-21/h1-4,14-16H,5-13H2,(H,23,25). The molecule has 0 radical (unpaired) electrons. The fourth-order valence-electron chi connectivity index (χ4n) is 5.63. The number of nitrogens with one attached hydrogen (secondary N) is 1. The minimum absolute atomic E-state index is 0.0518. The topological polar surface area (TPSA) is 64.6 Å². The van der Waals surface area contributed by atoms with Gasteiger partial charge in [-0.1, -0.05) is 11.6 Å². The first-order valence-corrected chi connectivity index (χ1v) is 10.2. The van der Waals surface area contributed by atoms with Gasteiger partial charge in [0.1, 0.15) is 25.5 Å².